The van der Waals surface area contributed by atoms with Crippen LogP contribution < -0.4 is 0 Å². The van der Waals surface area contributed by atoms with Crippen molar-refractivity contribution < 1.29 is 0 Å². The van der Waals surface area contributed by atoms with E-state index in [1.807, 2.05) is 33.2 Å². The number of rotatable bonds is 2. The molecule has 0 aliphatic rings. The molecule has 0 bridgehead atoms. The molecule has 0 N–H and O–H groups in total. The molecule has 0 spiro atoms. The average Bonchev–Trinajstić information content (AvgIpc) is 1.98. The van der Waals surface area contributed by atoms with E-state index < -0.39 is 0 Å². The fourth-order valence-corrected chi connectivity index (χ4v) is 1.69. The summed E-state index contributed by atoms with van der Waals surface area (Å²) in [5, 5.41) is 1.48. The third-order valence-electron chi connectivity index (χ3n) is 1.84. The maximum Gasteiger partial charge on any atom is 0.0453 e. The summed E-state index contributed by atoms with van der Waals surface area (Å²) in [6, 6.07) is 3.92. The topological polar surface area (TPSA) is 3.24 Å². The minimum Gasteiger partial charge on any atom is -0.305 e. The van der Waals surface area contributed by atoms with Gasteiger partial charge in [-0.15, -0.1) is 0 Å². The molecule has 0 aromatic heterocycles. The molecule has 1 nitrogen and oxygen atoms in total. The second kappa shape index (κ2) is 4.32. The number of halogens is 2. The molecule has 0 amide bonds. The highest BCUT2D eigenvalue weighted by atomic mass is 35.5. The lowest BCUT2D eigenvalue weighted by Crippen LogP contribution is -2.10. The van der Waals surface area contributed by atoms with Crippen molar-refractivity contribution in [2.45, 2.75) is 13.5 Å². The van der Waals surface area contributed by atoms with Crippen LogP contribution in [0.3, 0.4) is 0 Å². The molecular formula is C10H13Cl2N. The summed E-state index contributed by atoms with van der Waals surface area (Å²) < 4.78 is 0. The highest BCUT2D eigenvalue weighted by Crippen LogP contribution is 2.25. The van der Waals surface area contributed by atoms with Crippen molar-refractivity contribution in [1.29, 1.82) is 0 Å². The van der Waals surface area contributed by atoms with Crippen molar-refractivity contribution in [2.75, 3.05) is 14.1 Å². The summed E-state index contributed by atoms with van der Waals surface area (Å²) in [6.07, 6.45) is 0. The van der Waals surface area contributed by atoms with E-state index in [4.69, 9.17) is 23.2 Å². The van der Waals surface area contributed by atoms with Gasteiger partial charge in [-0.05, 0) is 44.3 Å². The molecule has 1 aromatic rings. The van der Waals surface area contributed by atoms with E-state index in [9.17, 15) is 0 Å². The van der Waals surface area contributed by atoms with E-state index in [2.05, 4.69) is 4.90 Å². The van der Waals surface area contributed by atoms with Crippen molar-refractivity contribution in [1.82, 2.24) is 4.90 Å². The average molecular weight is 218 g/mol. The molecule has 1 rings (SSSR count). The van der Waals surface area contributed by atoms with E-state index in [1.54, 1.807) is 0 Å². The standard InChI is InChI=1S/C10H13Cl2N/c1-7-9(11)4-8(5-10(7)12)6-13(2)3/h4-5H,6H2,1-3H3. The number of nitrogens with zero attached hydrogens (tertiary/aromatic N) is 1. The smallest absolute Gasteiger partial charge is 0.0453 e. The van der Waals surface area contributed by atoms with Crippen LogP contribution in [0.2, 0.25) is 10.0 Å². The molecule has 0 saturated carbocycles. The zero-order valence-electron chi connectivity index (χ0n) is 8.06. The number of hydrogen-bond donors (Lipinski definition) is 0. The summed E-state index contributed by atoms with van der Waals surface area (Å²) in [5.41, 5.74) is 2.09. The van der Waals surface area contributed by atoms with E-state index in [0.717, 1.165) is 27.7 Å². The van der Waals surface area contributed by atoms with Gasteiger partial charge in [0.05, 0.1) is 0 Å². The van der Waals surface area contributed by atoms with Gasteiger partial charge in [0.2, 0.25) is 0 Å². The Morgan fingerprint density at radius 3 is 2.00 bits per heavy atom. The summed E-state index contributed by atoms with van der Waals surface area (Å²) in [5.74, 6) is 0. The van der Waals surface area contributed by atoms with E-state index in [-0.39, 0.29) is 0 Å². The molecule has 13 heavy (non-hydrogen) atoms. The van der Waals surface area contributed by atoms with Crippen LogP contribution >= 0.6 is 23.2 Å². The largest absolute Gasteiger partial charge is 0.305 e. The minimum atomic E-state index is 0.740. The maximum atomic E-state index is 6.00. The number of hydrogen-bond acceptors (Lipinski definition) is 1. The summed E-state index contributed by atoms with van der Waals surface area (Å²) >= 11 is 12.0. The van der Waals surface area contributed by atoms with Crippen molar-refractivity contribution >= 4 is 23.2 Å². The lowest BCUT2D eigenvalue weighted by molar-refractivity contribution is 0.402. The Hall–Kier alpha value is -0.240. The SMILES string of the molecule is Cc1c(Cl)cc(CN(C)C)cc1Cl. The molecule has 0 unspecified atom stereocenters. The van der Waals surface area contributed by atoms with Gasteiger partial charge in [-0.1, -0.05) is 23.2 Å². The van der Waals surface area contributed by atoms with Crippen LogP contribution in [-0.4, -0.2) is 19.0 Å². The Morgan fingerprint density at radius 1 is 1.15 bits per heavy atom. The molecular weight excluding hydrogens is 205 g/mol. The number of benzene rings is 1. The summed E-state index contributed by atoms with van der Waals surface area (Å²) in [7, 11) is 4.03. The Labute approximate surface area is 89.3 Å². The third kappa shape index (κ3) is 2.87. The monoisotopic (exact) mass is 217 g/mol. The van der Waals surface area contributed by atoms with Crippen molar-refractivity contribution in [2.24, 2.45) is 0 Å². The first-order valence-electron chi connectivity index (χ1n) is 4.10. The zero-order valence-corrected chi connectivity index (χ0v) is 9.58. The summed E-state index contributed by atoms with van der Waals surface area (Å²) in [6.45, 7) is 2.78. The Bertz CT molecular complexity index is 285. The molecule has 0 saturated heterocycles. The van der Waals surface area contributed by atoms with Gasteiger partial charge >= 0.3 is 0 Å². The Balaban J connectivity index is 2.99. The van der Waals surface area contributed by atoms with Gasteiger partial charge in [0.15, 0.2) is 0 Å². The molecule has 0 radical (unpaired) electrons. The second-order valence-electron chi connectivity index (χ2n) is 3.42. The zero-order chi connectivity index (χ0) is 10.0. The van der Waals surface area contributed by atoms with Crippen LogP contribution in [0, 0.1) is 6.92 Å². The minimum absolute atomic E-state index is 0.740. The second-order valence-corrected chi connectivity index (χ2v) is 4.24. The van der Waals surface area contributed by atoms with Crippen molar-refractivity contribution in [3.05, 3.63) is 33.3 Å². The van der Waals surface area contributed by atoms with Crippen LogP contribution in [0.4, 0.5) is 0 Å². The van der Waals surface area contributed by atoms with E-state index in [1.165, 1.54) is 0 Å². The van der Waals surface area contributed by atoms with Gasteiger partial charge in [0.1, 0.15) is 0 Å². The predicted molar refractivity (Wildman–Crippen MR) is 58.6 cm³/mol. The van der Waals surface area contributed by atoms with Gasteiger partial charge in [0, 0.05) is 16.6 Å². The van der Waals surface area contributed by atoms with Gasteiger partial charge < -0.3 is 4.90 Å². The first kappa shape index (κ1) is 10.8. The quantitative estimate of drug-likeness (QED) is 0.735. The van der Waals surface area contributed by atoms with E-state index >= 15 is 0 Å². The molecule has 3 heteroatoms. The molecule has 1 aromatic carbocycles. The molecule has 72 valence electrons. The summed E-state index contributed by atoms with van der Waals surface area (Å²) in [4.78, 5) is 2.08. The first-order valence-corrected chi connectivity index (χ1v) is 4.85. The molecule has 0 fully saturated rings. The molecule has 0 aliphatic heterocycles. The van der Waals surface area contributed by atoms with Gasteiger partial charge in [-0.3, -0.25) is 0 Å². The lowest BCUT2D eigenvalue weighted by atomic mass is 10.1. The highest BCUT2D eigenvalue weighted by Gasteiger charge is 2.04. The normalized spacial score (nSPS) is 10.9. The van der Waals surface area contributed by atoms with Crippen LogP contribution in [-0.2, 0) is 6.54 Å². The molecule has 0 aliphatic carbocycles. The molecule has 0 heterocycles. The molecule has 0 atom stereocenters. The first-order chi connectivity index (χ1) is 6.00. The Kier molecular flexibility index (Phi) is 3.60. The Morgan fingerprint density at radius 2 is 1.62 bits per heavy atom. The highest BCUT2D eigenvalue weighted by molar-refractivity contribution is 6.36. The van der Waals surface area contributed by atoms with E-state index in [0.29, 0.717) is 0 Å². The fraction of sp³-hybridized carbons (Fsp3) is 0.400. The van der Waals surface area contributed by atoms with Crippen molar-refractivity contribution in [3.63, 3.8) is 0 Å². The van der Waals surface area contributed by atoms with Crippen LogP contribution in [0.25, 0.3) is 0 Å². The third-order valence-corrected chi connectivity index (χ3v) is 2.62. The van der Waals surface area contributed by atoms with Gasteiger partial charge in [-0.25, -0.2) is 0 Å². The fourth-order valence-electron chi connectivity index (χ4n) is 1.15. The van der Waals surface area contributed by atoms with Crippen LogP contribution in [0.1, 0.15) is 11.1 Å². The lowest BCUT2D eigenvalue weighted by Gasteiger charge is -2.11. The van der Waals surface area contributed by atoms with Crippen molar-refractivity contribution in [3.8, 4) is 0 Å². The van der Waals surface area contributed by atoms with Crippen LogP contribution in [0.5, 0.6) is 0 Å². The van der Waals surface area contributed by atoms with Gasteiger partial charge in [0.25, 0.3) is 0 Å². The maximum absolute atomic E-state index is 6.00. The predicted octanol–water partition coefficient (Wildman–Crippen LogP) is 3.36. The van der Waals surface area contributed by atoms with Gasteiger partial charge in [-0.2, -0.15) is 0 Å². The van der Waals surface area contributed by atoms with Crippen LogP contribution in [0.15, 0.2) is 12.1 Å².